The zero-order chi connectivity index (χ0) is 23.5. The molecule has 0 saturated carbocycles. The number of carbonyl (C=O) groups excluding carboxylic acids is 1. The second kappa shape index (κ2) is 9.07. The Labute approximate surface area is 195 Å². The first-order valence-electron chi connectivity index (χ1n) is 10.5. The topological polar surface area (TPSA) is 104 Å². The van der Waals surface area contributed by atoms with Crippen LogP contribution in [0.15, 0.2) is 71.3 Å². The molecule has 3 heterocycles. The van der Waals surface area contributed by atoms with Gasteiger partial charge in [-0.3, -0.25) is 4.79 Å². The third-order valence-electron chi connectivity index (χ3n) is 5.33. The van der Waals surface area contributed by atoms with E-state index in [1.807, 2.05) is 36.4 Å². The molecule has 170 valence electrons. The fourth-order valence-corrected chi connectivity index (χ4v) is 3.66. The van der Waals surface area contributed by atoms with Gasteiger partial charge in [-0.2, -0.15) is 4.52 Å². The van der Waals surface area contributed by atoms with Crippen LogP contribution >= 0.6 is 0 Å². The molecule has 3 aromatic heterocycles. The highest BCUT2D eigenvalue weighted by Gasteiger charge is 2.16. The van der Waals surface area contributed by atoms with Gasteiger partial charge in [0.05, 0.1) is 26.2 Å². The molecule has 0 bridgehead atoms. The van der Waals surface area contributed by atoms with Crippen LogP contribution in [0, 0.1) is 0 Å². The van der Waals surface area contributed by atoms with Crippen molar-refractivity contribution in [2.45, 2.75) is 6.54 Å². The number of hydrogen-bond acceptors (Lipinski definition) is 8. The van der Waals surface area contributed by atoms with Crippen LogP contribution in [0.25, 0.3) is 28.5 Å². The standard InChI is InChI=1S/C25H21N5O4/c1-32-20-10-9-16(12-22(20)33-2)14-26-25-27-19(18-7-4-3-6-17(18)15-31)13-23-28-24(29-30(23)25)21-8-5-11-34-21/h3-13,15H,14H2,1-2H3,(H,26,27). The number of methoxy groups -OCH3 is 2. The van der Waals surface area contributed by atoms with Crippen molar-refractivity contribution in [3.05, 3.63) is 78.1 Å². The van der Waals surface area contributed by atoms with Gasteiger partial charge in [-0.05, 0) is 29.8 Å². The fourth-order valence-electron chi connectivity index (χ4n) is 3.66. The Bertz CT molecular complexity index is 1460. The minimum Gasteiger partial charge on any atom is -0.493 e. The molecule has 0 aliphatic rings. The molecule has 1 N–H and O–H groups in total. The summed E-state index contributed by atoms with van der Waals surface area (Å²) >= 11 is 0. The predicted octanol–water partition coefficient (Wildman–Crippen LogP) is 4.49. The lowest BCUT2D eigenvalue weighted by atomic mass is 10.1. The van der Waals surface area contributed by atoms with Crippen molar-refractivity contribution in [1.29, 1.82) is 0 Å². The molecule has 5 rings (SSSR count). The summed E-state index contributed by atoms with van der Waals surface area (Å²) in [5.41, 5.74) is 3.36. The van der Waals surface area contributed by atoms with E-state index < -0.39 is 0 Å². The Kier molecular flexibility index (Phi) is 5.65. The number of aldehydes is 1. The predicted molar refractivity (Wildman–Crippen MR) is 126 cm³/mol. The van der Waals surface area contributed by atoms with Gasteiger partial charge in [0.2, 0.25) is 11.8 Å². The number of ether oxygens (including phenoxy) is 2. The number of carbonyl (C=O) groups is 1. The number of furan rings is 1. The van der Waals surface area contributed by atoms with Gasteiger partial charge in [0, 0.05) is 23.7 Å². The van der Waals surface area contributed by atoms with E-state index in [0.29, 0.717) is 58.0 Å². The Morgan fingerprint density at radius 2 is 1.85 bits per heavy atom. The zero-order valence-electron chi connectivity index (χ0n) is 18.6. The largest absolute Gasteiger partial charge is 0.493 e. The molecule has 34 heavy (non-hydrogen) atoms. The summed E-state index contributed by atoms with van der Waals surface area (Å²) in [6.45, 7) is 0.442. The molecule has 9 heteroatoms. The molecule has 5 aromatic rings. The maximum atomic E-state index is 11.6. The van der Waals surface area contributed by atoms with Gasteiger partial charge in [0.1, 0.15) is 0 Å². The monoisotopic (exact) mass is 455 g/mol. The first-order chi connectivity index (χ1) is 16.7. The van der Waals surface area contributed by atoms with Crippen molar-refractivity contribution in [1.82, 2.24) is 19.6 Å². The molecule has 0 saturated heterocycles. The maximum Gasteiger partial charge on any atom is 0.226 e. The third kappa shape index (κ3) is 3.95. The maximum absolute atomic E-state index is 11.6. The Morgan fingerprint density at radius 1 is 1.00 bits per heavy atom. The van der Waals surface area contributed by atoms with Crippen molar-refractivity contribution in [3.8, 4) is 34.3 Å². The summed E-state index contributed by atoms with van der Waals surface area (Å²) in [7, 11) is 3.19. The summed E-state index contributed by atoms with van der Waals surface area (Å²) in [6, 6.07) is 18.3. The van der Waals surface area contributed by atoms with Crippen LogP contribution in [0.3, 0.4) is 0 Å². The number of fused-ring (bicyclic) bond motifs is 1. The summed E-state index contributed by atoms with van der Waals surface area (Å²) < 4.78 is 17.8. The first kappa shape index (κ1) is 21.2. The summed E-state index contributed by atoms with van der Waals surface area (Å²) in [4.78, 5) is 21.0. The molecule has 2 aromatic carbocycles. The van der Waals surface area contributed by atoms with Crippen LogP contribution in [0.1, 0.15) is 15.9 Å². The Morgan fingerprint density at radius 3 is 2.62 bits per heavy atom. The number of rotatable bonds is 8. The van der Waals surface area contributed by atoms with E-state index in [-0.39, 0.29) is 0 Å². The molecule has 0 radical (unpaired) electrons. The number of benzene rings is 2. The lowest BCUT2D eigenvalue weighted by Crippen LogP contribution is -2.09. The van der Waals surface area contributed by atoms with Gasteiger partial charge < -0.3 is 19.2 Å². The van der Waals surface area contributed by atoms with Crippen LogP contribution in [0.5, 0.6) is 11.5 Å². The average Bonchev–Trinajstić information content (AvgIpc) is 3.57. The molecule has 0 atom stereocenters. The number of nitrogens with one attached hydrogen (secondary N) is 1. The molecule has 0 unspecified atom stereocenters. The zero-order valence-corrected chi connectivity index (χ0v) is 18.6. The minimum absolute atomic E-state index is 0.432. The summed E-state index contributed by atoms with van der Waals surface area (Å²) in [5, 5.41) is 7.91. The van der Waals surface area contributed by atoms with Crippen LogP contribution in [-0.4, -0.2) is 40.1 Å². The number of hydrogen-bond donors (Lipinski definition) is 1. The van der Waals surface area contributed by atoms with E-state index in [9.17, 15) is 4.79 Å². The van der Waals surface area contributed by atoms with Crippen molar-refractivity contribution in [2.75, 3.05) is 19.5 Å². The highest BCUT2D eigenvalue weighted by Crippen LogP contribution is 2.29. The van der Waals surface area contributed by atoms with Gasteiger partial charge in [-0.25, -0.2) is 9.97 Å². The summed E-state index contributed by atoms with van der Waals surface area (Å²) in [5.74, 6) is 2.73. The van der Waals surface area contributed by atoms with Crippen molar-refractivity contribution in [2.24, 2.45) is 0 Å². The van der Waals surface area contributed by atoms with Crippen molar-refractivity contribution < 1.29 is 18.7 Å². The van der Waals surface area contributed by atoms with E-state index >= 15 is 0 Å². The fraction of sp³-hybridized carbons (Fsp3) is 0.120. The van der Waals surface area contributed by atoms with Gasteiger partial charge in [0.15, 0.2) is 29.2 Å². The molecule has 0 spiro atoms. The Hall–Kier alpha value is -4.66. The molecule has 0 aliphatic carbocycles. The van der Waals surface area contributed by atoms with E-state index in [1.165, 1.54) is 0 Å². The van der Waals surface area contributed by atoms with E-state index in [1.54, 1.807) is 49.3 Å². The van der Waals surface area contributed by atoms with Gasteiger partial charge in [-0.1, -0.05) is 30.3 Å². The molecule has 0 aliphatic heterocycles. The number of nitrogens with zero attached hydrogens (tertiary/aromatic N) is 4. The van der Waals surface area contributed by atoms with Crippen LogP contribution in [0.4, 0.5) is 5.95 Å². The molecule has 0 fully saturated rings. The van der Waals surface area contributed by atoms with Crippen molar-refractivity contribution >= 4 is 17.9 Å². The molecular formula is C25H21N5O4. The smallest absolute Gasteiger partial charge is 0.226 e. The van der Waals surface area contributed by atoms with Gasteiger partial charge in [-0.15, -0.1) is 5.10 Å². The quantitative estimate of drug-likeness (QED) is 0.341. The highest BCUT2D eigenvalue weighted by molar-refractivity contribution is 5.87. The number of anilines is 1. The van der Waals surface area contributed by atoms with E-state index in [2.05, 4.69) is 15.4 Å². The lowest BCUT2D eigenvalue weighted by molar-refractivity contribution is 0.112. The van der Waals surface area contributed by atoms with Crippen molar-refractivity contribution in [3.63, 3.8) is 0 Å². The van der Waals surface area contributed by atoms with E-state index in [0.717, 1.165) is 11.8 Å². The molecular weight excluding hydrogens is 434 g/mol. The van der Waals surface area contributed by atoms with Crippen LogP contribution < -0.4 is 14.8 Å². The second-order valence-corrected chi connectivity index (χ2v) is 7.40. The normalized spacial score (nSPS) is 10.9. The van der Waals surface area contributed by atoms with Crippen LogP contribution in [0.2, 0.25) is 0 Å². The number of aromatic nitrogens is 4. The van der Waals surface area contributed by atoms with E-state index in [4.69, 9.17) is 18.9 Å². The highest BCUT2D eigenvalue weighted by atomic mass is 16.5. The molecule has 9 nitrogen and oxygen atoms in total. The van der Waals surface area contributed by atoms with Crippen LogP contribution in [-0.2, 0) is 6.54 Å². The second-order valence-electron chi connectivity index (χ2n) is 7.40. The third-order valence-corrected chi connectivity index (χ3v) is 5.33. The van der Waals surface area contributed by atoms with Gasteiger partial charge >= 0.3 is 0 Å². The summed E-state index contributed by atoms with van der Waals surface area (Å²) in [6.07, 6.45) is 2.39. The molecule has 0 amide bonds. The lowest BCUT2D eigenvalue weighted by Gasteiger charge is -2.12. The average molecular weight is 455 g/mol. The Balaban J connectivity index is 1.58. The minimum atomic E-state index is 0.432. The van der Waals surface area contributed by atoms with Gasteiger partial charge in [0.25, 0.3) is 0 Å². The first-order valence-corrected chi connectivity index (χ1v) is 10.5. The SMILES string of the molecule is COc1ccc(CNc2nc(-c3ccccc3C=O)cc3nc(-c4ccco4)nn23)cc1OC.